The normalized spacial score (nSPS) is 9.94. The molecule has 0 saturated carbocycles. The number of amides is 2. The molecule has 1 aromatic carbocycles. The molecule has 0 unspecified atom stereocenters. The maximum absolute atomic E-state index is 11.2. The predicted octanol–water partition coefficient (Wildman–Crippen LogP) is 0.974. The van der Waals surface area contributed by atoms with Gasteiger partial charge in [-0.05, 0) is 25.0 Å². The van der Waals surface area contributed by atoms with Gasteiger partial charge in [-0.2, -0.15) is 0 Å². The van der Waals surface area contributed by atoms with Crippen LogP contribution < -0.4 is 15.4 Å². The molecule has 1 rings (SSSR count). The standard InChI is InChI=1S/C13H20N2O3/c1-10-4-3-5-11(2)12(10)18-9-7-15-13(17)14-6-8-16/h3-5,16H,6-9H2,1-2H3,(H2,14,15,17). The fraction of sp³-hybridized carbons (Fsp3) is 0.462. The second-order valence-electron chi connectivity index (χ2n) is 3.98. The van der Waals surface area contributed by atoms with Gasteiger partial charge in [0.05, 0.1) is 13.2 Å². The Labute approximate surface area is 107 Å². The second kappa shape index (κ2) is 7.55. The average molecular weight is 252 g/mol. The summed E-state index contributed by atoms with van der Waals surface area (Å²) in [5.74, 6) is 0.870. The third-order valence-electron chi connectivity index (χ3n) is 2.44. The van der Waals surface area contributed by atoms with Gasteiger partial charge in [-0.3, -0.25) is 0 Å². The van der Waals surface area contributed by atoms with Gasteiger partial charge >= 0.3 is 6.03 Å². The number of benzene rings is 1. The highest BCUT2D eigenvalue weighted by Crippen LogP contribution is 2.21. The van der Waals surface area contributed by atoms with Gasteiger partial charge in [-0.1, -0.05) is 18.2 Å². The Morgan fingerprint density at radius 1 is 1.22 bits per heavy atom. The molecule has 5 heteroatoms. The number of carbonyl (C=O) groups is 1. The van der Waals surface area contributed by atoms with E-state index < -0.39 is 0 Å². The van der Waals surface area contributed by atoms with Crippen molar-refractivity contribution in [3.8, 4) is 5.75 Å². The molecule has 1 aromatic rings. The number of aliphatic hydroxyl groups is 1. The highest BCUT2D eigenvalue weighted by atomic mass is 16.5. The zero-order valence-electron chi connectivity index (χ0n) is 10.8. The van der Waals surface area contributed by atoms with E-state index in [9.17, 15) is 4.79 Å². The van der Waals surface area contributed by atoms with Gasteiger partial charge in [0.15, 0.2) is 0 Å². The average Bonchev–Trinajstić information content (AvgIpc) is 2.35. The summed E-state index contributed by atoms with van der Waals surface area (Å²) in [5, 5.41) is 13.7. The van der Waals surface area contributed by atoms with Gasteiger partial charge < -0.3 is 20.5 Å². The highest BCUT2D eigenvalue weighted by Gasteiger charge is 2.03. The lowest BCUT2D eigenvalue weighted by molar-refractivity contribution is 0.230. The molecular weight excluding hydrogens is 232 g/mol. The van der Waals surface area contributed by atoms with E-state index in [1.54, 1.807) is 0 Å². The van der Waals surface area contributed by atoms with Crippen molar-refractivity contribution in [3.63, 3.8) is 0 Å². The van der Waals surface area contributed by atoms with Crippen LogP contribution in [0.3, 0.4) is 0 Å². The molecule has 3 N–H and O–H groups in total. The first kappa shape index (κ1) is 14.3. The number of carbonyl (C=O) groups excluding carboxylic acids is 1. The van der Waals surface area contributed by atoms with Crippen molar-refractivity contribution >= 4 is 6.03 Å². The minimum atomic E-state index is -0.297. The minimum absolute atomic E-state index is 0.0632. The lowest BCUT2D eigenvalue weighted by Crippen LogP contribution is -2.38. The molecule has 0 fully saturated rings. The zero-order chi connectivity index (χ0) is 13.4. The first-order valence-corrected chi connectivity index (χ1v) is 5.96. The van der Waals surface area contributed by atoms with Gasteiger partial charge in [0.25, 0.3) is 0 Å². The van der Waals surface area contributed by atoms with E-state index in [1.807, 2.05) is 32.0 Å². The molecule has 0 aromatic heterocycles. The van der Waals surface area contributed by atoms with Gasteiger partial charge in [0.1, 0.15) is 12.4 Å². The van der Waals surface area contributed by atoms with Crippen molar-refractivity contribution in [2.75, 3.05) is 26.3 Å². The maximum Gasteiger partial charge on any atom is 0.314 e. The van der Waals surface area contributed by atoms with Crippen LogP contribution in [0.1, 0.15) is 11.1 Å². The van der Waals surface area contributed by atoms with E-state index in [0.717, 1.165) is 16.9 Å². The first-order chi connectivity index (χ1) is 8.65. The number of rotatable bonds is 6. The number of para-hydroxylation sites is 1. The number of aliphatic hydroxyl groups excluding tert-OH is 1. The summed E-state index contributed by atoms with van der Waals surface area (Å²) in [4.78, 5) is 11.2. The number of hydrogen-bond acceptors (Lipinski definition) is 3. The lowest BCUT2D eigenvalue weighted by atomic mass is 10.1. The molecule has 18 heavy (non-hydrogen) atoms. The maximum atomic E-state index is 11.2. The highest BCUT2D eigenvalue weighted by molar-refractivity contribution is 5.73. The van der Waals surface area contributed by atoms with E-state index in [4.69, 9.17) is 9.84 Å². The van der Waals surface area contributed by atoms with Crippen molar-refractivity contribution < 1.29 is 14.6 Å². The van der Waals surface area contributed by atoms with E-state index >= 15 is 0 Å². The summed E-state index contributed by atoms with van der Waals surface area (Å²) in [7, 11) is 0. The summed E-state index contributed by atoms with van der Waals surface area (Å²) < 4.78 is 5.63. The van der Waals surface area contributed by atoms with Crippen LogP contribution >= 0.6 is 0 Å². The van der Waals surface area contributed by atoms with Crippen molar-refractivity contribution in [1.29, 1.82) is 0 Å². The Bertz CT molecular complexity index is 374. The Hall–Kier alpha value is -1.75. The van der Waals surface area contributed by atoms with Gasteiger partial charge in [-0.15, -0.1) is 0 Å². The third kappa shape index (κ3) is 4.63. The Kier molecular flexibility index (Phi) is 6.00. The SMILES string of the molecule is Cc1cccc(C)c1OCCNC(=O)NCCO. The smallest absolute Gasteiger partial charge is 0.314 e. The molecule has 0 atom stereocenters. The molecule has 2 amide bonds. The number of urea groups is 1. The molecule has 0 aliphatic rings. The monoisotopic (exact) mass is 252 g/mol. The molecule has 5 nitrogen and oxygen atoms in total. The predicted molar refractivity (Wildman–Crippen MR) is 69.9 cm³/mol. The Balaban J connectivity index is 2.28. The molecule has 100 valence electrons. The molecule has 0 radical (unpaired) electrons. The molecule has 0 bridgehead atoms. The van der Waals surface area contributed by atoms with Gasteiger partial charge in [0.2, 0.25) is 0 Å². The zero-order valence-corrected chi connectivity index (χ0v) is 10.8. The summed E-state index contributed by atoms with van der Waals surface area (Å²) in [6, 6.07) is 5.67. The van der Waals surface area contributed by atoms with Crippen LogP contribution in [0.15, 0.2) is 18.2 Å². The summed E-state index contributed by atoms with van der Waals surface area (Å²) in [6.45, 7) is 5.01. The topological polar surface area (TPSA) is 70.6 Å². The number of nitrogens with one attached hydrogen (secondary N) is 2. The van der Waals surface area contributed by atoms with Crippen LogP contribution in [0.2, 0.25) is 0 Å². The lowest BCUT2D eigenvalue weighted by Gasteiger charge is -2.12. The van der Waals surface area contributed by atoms with E-state index in [0.29, 0.717) is 13.2 Å². The molecule has 0 heterocycles. The van der Waals surface area contributed by atoms with E-state index in [-0.39, 0.29) is 19.2 Å². The van der Waals surface area contributed by atoms with Crippen LogP contribution in [-0.2, 0) is 0 Å². The van der Waals surface area contributed by atoms with Crippen LogP contribution in [0.25, 0.3) is 0 Å². The summed E-state index contributed by atoms with van der Waals surface area (Å²) >= 11 is 0. The first-order valence-electron chi connectivity index (χ1n) is 5.96. The van der Waals surface area contributed by atoms with Gasteiger partial charge in [0, 0.05) is 6.54 Å². The largest absolute Gasteiger partial charge is 0.491 e. The Morgan fingerprint density at radius 2 is 1.83 bits per heavy atom. The Morgan fingerprint density at radius 3 is 2.44 bits per heavy atom. The number of aryl methyl sites for hydroxylation is 2. The van der Waals surface area contributed by atoms with Crippen molar-refractivity contribution in [3.05, 3.63) is 29.3 Å². The minimum Gasteiger partial charge on any atom is -0.491 e. The van der Waals surface area contributed by atoms with Crippen molar-refractivity contribution in [1.82, 2.24) is 10.6 Å². The molecule has 0 aliphatic heterocycles. The van der Waals surface area contributed by atoms with Crippen LogP contribution in [0.5, 0.6) is 5.75 Å². The number of hydrogen-bond donors (Lipinski definition) is 3. The van der Waals surface area contributed by atoms with Gasteiger partial charge in [-0.25, -0.2) is 4.79 Å². The van der Waals surface area contributed by atoms with E-state index in [2.05, 4.69) is 10.6 Å². The third-order valence-corrected chi connectivity index (χ3v) is 2.44. The quantitative estimate of drug-likeness (QED) is 0.661. The molecular formula is C13H20N2O3. The summed E-state index contributed by atoms with van der Waals surface area (Å²) in [5.41, 5.74) is 2.17. The van der Waals surface area contributed by atoms with Crippen LogP contribution in [-0.4, -0.2) is 37.4 Å². The fourth-order valence-corrected chi connectivity index (χ4v) is 1.58. The second-order valence-corrected chi connectivity index (χ2v) is 3.98. The molecule has 0 spiro atoms. The van der Waals surface area contributed by atoms with E-state index in [1.165, 1.54) is 0 Å². The summed E-state index contributed by atoms with van der Waals surface area (Å²) in [6.07, 6.45) is 0. The van der Waals surface area contributed by atoms with Crippen LogP contribution in [0, 0.1) is 13.8 Å². The number of ether oxygens (including phenoxy) is 1. The molecule has 0 saturated heterocycles. The van der Waals surface area contributed by atoms with Crippen molar-refractivity contribution in [2.24, 2.45) is 0 Å². The molecule has 0 aliphatic carbocycles. The van der Waals surface area contributed by atoms with Crippen LogP contribution in [0.4, 0.5) is 4.79 Å². The fourth-order valence-electron chi connectivity index (χ4n) is 1.58. The van der Waals surface area contributed by atoms with Crippen molar-refractivity contribution in [2.45, 2.75) is 13.8 Å².